The maximum Gasteiger partial charge on any atom is 0.148 e. The molecule has 2 heterocycles. The molecule has 2 aromatic heterocycles. The fraction of sp³-hybridized carbons (Fsp3) is 0.538. The lowest BCUT2D eigenvalue weighted by Crippen LogP contribution is -2.08. The monoisotopic (exact) mass is 247 g/mol. The second-order valence-corrected chi connectivity index (χ2v) is 4.69. The van der Waals surface area contributed by atoms with Gasteiger partial charge in [-0.15, -0.1) is 0 Å². The van der Waals surface area contributed by atoms with Gasteiger partial charge in [0.25, 0.3) is 0 Å². The van der Waals surface area contributed by atoms with Crippen molar-refractivity contribution in [3.05, 3.63) is 29.7 Å². The van der Waals surface area contributed by atoms with Gasteiger partial charge in [-0.05, 0) is 25.8 Å². The SMILES string of the molecule is CC[C@@H](C)n1ccc(NCc2c(C)cnn2C)n1. The largest absolute Gasteiger partial charge is 0.363 e. The fourth-order valence-corrected chi connectivity index (χ4v) is 1.87. The van der Waals surface area contributed by atoms with Crippen LogP contribution in [0.1, 0.15) is 37.6 Å². The predicted octanol–water partition coefficient (Wildman–Crippen LogP) is 2.51. The van der Waals surface area contributed by atoms with E-state index in [1.165, 1.54) is 11.3 Å². The molecule has 0 unspecified atom stereocenters. The number of aromatic nitrogens is 4. The Labute approximate surface area is 108 Å². The van der Waals surface area contributed by atoms with Gasteiger partial charge in [-0.2, -0.15) is 10.2 Å². The first-order valence-corrected chi connectivity index (χ1v) is 6.38. The molecule has 98 valence electrons. The second-order valence-electron chi connectivity index (χ2n) is 4.69. The zero-order valence-electron chi connectivity index (χ0n) is 11.5. The second kappa shape index (κ2) is 5.25. The lowest BCUT2D eigenvalue weighted by Gasteiger charge is -2.09. The van der Waals surface area contributed by atoms with Gasteiger partial charge >= 0.3 is 0 Å². The van der Waals surface area contributed by atoms with Crippen LogP contribution in [0, 0.1) is 6.92 Å². The van der Waals surface area contributed by atoms with E-state index in [1.807, 2.05) is 34.9 Å². The summed E-state index contributed by atoms with van der Waals surface area (Å²) in [6.45, 7) is 7.15. The first-order chi connectivity index (χ1) is 8.61. The Bertz CT molecular complexity index is 492. The summed E-state index contributed by atoms with van der Waals surface area (Å²) in [6, 6.07) is 2.46. The standard InChI is InChI=1S/C13H21N5/c1-5-11(3)18-7-6-13(16-18)14-9-12-10(2)8-15-17(12)4/h6-8,11H,5,9H2,1-4H3,(H,14,16)/t11-/m1/s1. The van der Waals surface area contributed by atoms with E-state index in [-0.39, 0.29) is 0 Å². The van der Waals surface area contributed by atoms with Crippen LogP contribution in [0.15, 0.2) is 18.5 Å². The van der Waals surface area contributed by atoms with Crippen molar-refractivity contribution in [3.8, 4) is 0 Å². The van der Waals surface area contributed by atoms with Gasteiger partial charge < -0.3 is 5.32 Å². The van der Waals surface area contributed by atoms with Crippen LogP contribution in [-0.2, 0) is 13.6 Å². The van der Waals surface area contributed by atoms with E-state index >= 15 is 0 Å². The number of hydrogen-bond donors (Lipinski definition) is 1. The topological polar surface area (TPSA) is 47.7 Å². The molecule has 0 saturated carbocycles. The minimum absolute atomic E-state index is 0.444. The van der Waals surface area contributed by atoms with Crippen molar-refractivity contribution in [2.75, 3.05) is 5.32 Å². The van der Waals surface area contributed by atoms with Crippen LogP contribution in [0.5, 0.6) is 0 Å². The van der Waals surface area contributed by atoms with Gasteiger partial charge in [0.05, 0.1) is 18.4 Å². The molecule has 18 heavy (non-hydrogen) atoms. The lowest BCUT2D eigenvalue weighted by atomic mass is 10.3. The van der Waals surface area contributed by atoms with Crippen molar-refractivity contribution in [2.45, 2.75) is 39.8 Å². The molecule has 2 aromatic rings. The summed E-state index contributed by atoms with van der Waals surface area (Å²) in [5.74, 6) is 0.913. The summed E-state index contributed by atoms with van der Waals surface area (Å²) in [4.78, 5) is 0. The van der Waals surface area contributed by atoms with Crippen molar-refractivity contribution in [3.63, 3.8) is 0 Å². The summed E-state index contributed by atoms with van der Waals surface area (Å²) in [7, 11) is 1.96. The van der Waals surface area contributed by atoms with E-state index in [9.17, 15) is 0 Å². The van der Waals surface area contributed by atoms with E-state index in [1.54, 1.807) is 0 Å². The summed E-state index contributed by atoms with van der Waals surface area (Å²) in [5.41, 5.74) is 2.39. The van der Waals surface area contributed by atoms with E-state index < -0.39 is 0 Å². The molecule has 0 saturated heterocycles. The molecule has 0 aromatic carbocycles. The van der Waals surface area contributed by atoms with Crippen LogP contribution in [-0.4, -0.2) is 19.6 Å². The maximum atomic E-state index is 4.52. The molecule has 0 spiro atoms. The van der Waals surface area contributed by atoms with Crippen molar-refractivity contribution in [1.29, 1.82) is 0 Å². The number of anilines is 1. The Morgan fingerprint density at radius 1 is 1.44 bits per heavy atom. The van der Waals surface area contributed by atoms with Crippen LogP contribution >= 0.6 is 0 Å². The van der Waals surface area contributed by atoms with E-state index in [2.05, 4.69) is 36.3 Å². The number of hydrogen-bond acceptors (Lipinski definition) is 3. The van der Waals surface area contributed by atoms with Gasteiger partial charge in [0.2, 0.25) is 0 Å². The predicted molar refractivity (Wildman–Crippen MR) is 72.5 cm³/mol. The molecule has 0 amide bonds. The van der Waals surface area contributed by atoms with E-state index in [0.29, 0.717) is 6.04 Å². The number of rotatable bonds is 5. The summed E-state index contributed by atoms with van der Waals surface area (Å²) >= 11 is 0. The zero-order valence-corrected chi connectivity index (χ0v) is 11.5. The molecule has 0 aliphatic carbocycles. The summed E-state index contributed by atoms with van der Waals surface area (Å²) in [6.07, 6.45) is 4.99. The molecule has 1 atom stereocenters. The maximum absolute atomic E-state index is 4.52. The molecule has 5 nitrogen and oxygen atoms in total. The average Bonchev–Trinajstić information content (AvgIpc) is 2.95. The molecule has 0 aliphatic heterocycles. The lowest BCUT2D eigenvalue weighted by molar-refractivity contribution is 0.479. The van der Waals surface area contributed by atoms with Crippen LogP contribution in [0.4, 0.5) is 5.82 Å². The van der Waals surface area contributed by atoms with Gasteiger partial charge in [-0.25, -0.2) is 0 Å². The van der Waals surface area contributed by atoms with Gasteiger partial charge in [0, 0.05) is 25.4 Å². The third-order valence-corrected chi connectivity index (χ3v) is 3.36. The average molecular weight is 247 g/mol. The summed E-state index contributed by atoms with van der Waals surface area (Å²) < 4.78 is 3.90. The molecule has 0 radical (unpaired) electrons. The van der Waals surface area contributed by atoms with Crippen LogP contribution in [0.25, 0.3) is 0 Å². The van der Waals surface area contributed by atoms with Gasteiger partial charge in [0.15, 0.2) is 0 Å². The molecule has 0 aliphatic rings. The Morgan fingerprint density at radius 2 is 2.22 bits per heavy atom. The minimum Gasteiger partial charge on any atom is -0.363 e. The van der Waals surface area contributed by atoms with Gasteiger partial charge in [-0.3, -0.25) is 9.36 Å². The van der Waals surface area contributed by atoms with Crippen molar-refractivity contribution in [2.24, 2.45) is 7.05 Å². The van der Waals surface area contributed by atoms with E-state index in [0.717, 1.165) is 18.8 Å². The molecular weight excluding hydrogens is 226 g/mol. The number of nitrogens with one attached hydrogen (secondary N) is 1. The molecule has 0 fully saturated rings. The highest BCUT2D eigenvalue weighted by Crippen LogP contribution is 2.13. The molecule has 0 bridgehead atoms. The molecule has 5 heteroatoms. The Morgan fingerprint density at radius 3 is 2.83 bits per heavy atom. The van der Waals surface area contributed by atoms with Crippen LogP contribution in [0.2, 0.25) is 0 Å². The van der Waals surface area contributed by atoms with Gasteiger partial charge in [0.1, 0.15) is 5.82 Å². The number of aryl methyl sites for hydroxylation is 2. The highest BCUT2D eigenvalue weighted by atomic mass is 15.3. The van der Waals surface area contributed by atoms with Crippen molar-refractivity contribution >= 4 is 5.82 Å². The minimum atomic E-state index is 0.444. The quantitative estimate of drug-likeness (QED) is 0.883. The highest BCUT2D eigenvalue weighted by molar-refractivity contribution is 5.34. The fourth-order valence-electron chi connectivity index (χ4n) is 1.87. The van der Waals surface area contributed by atoms with E-state index in [4.69, 9.17) is 0 Å². The Balaban J connectivity index is 2.00. The van der Waals surface area contributed by atoms with Crippen molar-refractivity contribution < 1.29 is 0 Å². The smallest absolute Gasteiger partial charge is 0.148 e. The normalized spacial score (nSPS) is 12.7. The highest BCUT2D eigenvalue weighted by Gasteiger charge is 2.07. The first-order valence-electron chi connectivity index (χ1n) is 6.38. The molecular formula is C13H21N5. The third-order valence-electron chi connectivity index (χ3n) is 3.36. The van der Waals surface area contributed by atoms with Crippen LogP contribution in [0.3, 0.4) is 0 Å². The van der Waals surface area contributed by atoms with Crippen molar-refractivity contribution in [1.82, 2.24) is 19.6 Å². The first kappa shape index (κ1) is 12.7. The Kier molecular flexibility index (Phi) is 3.69. The zero-order chi connectivity index (χ0) is 13.1. The van der Waals surface area contributed by atoms with Crippen LogP contribution < -0.4 is 5.32 Å². The molecule has 1 N–H and O–H groups in total. The third kappa shape index (κ3) is 2.55. The molecule has 2 rings (SSSR count). The number of nitrogens with zero attached hydrogens (tertiary/aromatic N) is 4. The Hall–Kier alpha value is -1.78. The summed E-state index contributed by atoms with van der Waals surface area (Å²) in [5, 5.41) is 12.1. The van der Waals surface area contributed by atoms with Gasteiger partial charge in [-0.1, -0.05) is 6.92 Å².